The second-order valence-corrected chi connectivity index (χ2v) is 25.0. The highest BCUT2D eigenvalue weighted by atomic mass is 19.1. The molecule has 2 saturated carbocycles. The van der Waals surface area contributed by atoms with Gasteiger partial charge in [0.1, 0.15) is 35.4 Å². The van der Waals surface area contributed by atoms with E-state index in [0.29, 0.717) is 52.0 Å². The SMILES string of the molecule is CN[C@@H](C)C(=O)N[C@H](C(=O)N1CCC2CCC(NC(=O)c3ccc(F)c4ccccc34)C21)C(C)(C)C.C[C@@H](C(=O)N[C@H](C(=O)N1CCC2CCC(N)C21)C(C)(C)C)N(C)C(=O)OC(C)(C)C.O=C(O)c1ccc(F)c2ccccc12. The minimum atomic E-state index is -1.04. The summed E-state index contributed by atoms with van der Waals surface area (Å²) in [7, 11) is 3.23. The number of hydrogen-bond acceptors (Lipinski definition) is 10. The average molecular weight is 1110 g/mol. The van der Waals surface area contributed by atoms with Gasteiger partial charge in [-0.15, -0.1) is 0 Å². The van der Waals surface area contributed by atoms with Crippen molar-refractivity contribution in [3.63, 3.8) is 0 Å². The third-order valence-electron chi connectivity index (χ3n) is 16.1. The quantitative estimate of drug-likeness (QED) is 0.0842. The van der Waals surface area contributed by atoms with E-state index in [0.717, 1.165) is 38.5 Å². The van der Waals surface area contributed by atoms with Gasteiger partial charge in [0.25, 0.3) is 5.91 Å². The monoisotopic (exact) mass is 1110 g/mol. The molecule has 0 radical (unpaired) electrons. The van der Waals surface area contributed by atoms with Crippen LogP contribution in [-0.2, 0) is 23.9 Å². The fourth-order valence-electron chi connectivity index (χ4n) is 11.4. The molecule has 0 spiro atoms. The summed E-state index contributed by atoms with van der Waals surface area (Å²) >= 11 is 0. The average Bonchev–Trinajstić information content (AvgIpc) is 4.20. The van der Waals surface area contributed by atoms with Crippen LogP contribution in [0.25, 0.3) is 21.5 Å². The maximum atomic E-state index is 14.3. The fourth-order valence-corrected chi connectivity index (χ4v) is 11.4. The Kier molecular flexibility index (Phi) is 19.8. The number of rotatable bonds is 11. The summed E-state index contributed by atoms with van der Waals surface area (Å²) in [4.78, 5) is 94.4. The van der Waals surface area contributed by atoms with Crippen LogP contribution in [0.1, 0.15) is 135 Å². The third kappa shape index (κ3) is 14.4. The number of carbonyl (C=O) groups is 7. The Labute approximate surface area is 469 Å². The summed E-state index contributed by atoms with van der Waals surface area (Å²) in [6.45, 7) is 21.6. The van der Waals surface area contributed by atoms with Crippen molar-refractivity contribution >= 4 is 63.1 Å². The normalized spacial score (nSPS) is 22.1. The number of nitrogens with one attached hydrogen (secondary N) is 4. The molecule has 0 bridgehead atoms. The number of carbonyl (C=O) groups excluding carboxylic acids is 6. The van der Waals surface area contributed by atoms with Gasteiger partial charge >= 0.3 is 12.1 Å². The van der Waals surface area contributed by atoms with Crippen molar-refractivity contribution < 1.29 is 52.2 Å². The van der Waals surface area contributed by atoms with E-state index in [4.69, 9.17) is 15.6 Å². The van der Waals surface area contributed by atoms with Gasteiger partial charge in [-0.25, -0.2) is 18.4 Å². The molecule has 4 aromatic rings. The van der Waals surface area contributed by atoms with Gasteiger partial charge in [-0.05, 0) is 138 Å². The molecule has 80 heavy (non-hydrogen) atoms. The Hall–Kier alpha value is -6.73. The largest absolute Gasteiger partial charge is 0.478 e. The van der Waals surface area contributed by atoms with E-state index >= 15 is 0 Å². The van der Waals surface area contributed by atoms with E-state index in [1.54, 1.807) is 90.2 Å². The molecule has 6 unspecified atom stereocenters. The minimum absolute atomic E-state index is 0.00463. The fraction of sp³-hybridized carbons (Fsp3) is 0.557. The van der Waals surface area contributed by atoms with Gasteiger partial charge in [0.2, 0.25) is 23.6 Å². The number of hydrogen-bond donors (Lipinski definition) is 6. The molecule has 2 saturated heterocycles. The Morgan fingerprint density at radius 2 is 1.09 bits per heavy atom. The van der Waals surface area contributed by atoms with Crippen LogP contribution in [0.2, 0.25) is 0 Å². The number of amides is 6. The van der Waals surface area contributed by atoms with Crippen molar-refractivity contribution in [1.29, 1.82) is 0 Å². The number of aromatic carboxylic acids is 1. The molecule has 10 atom stereocenters. The minimum Gasteiger partial charge on any atom is -0.478 e. The van der Waals surface area contributed by atoms with E-state index in [-0.39, 0.29) is 65.1 Å². The Morgan fingerprint density at radius 3 is 1.57 bits per heavy atom. The van der Waals surface area contributed by atoms with Gasteiger partial charge in [-0.3, -0.25) is 28.9 Å². The van der Waals surface area contributed by atoms with Crippen LogP contribution >= 0.6 is 0 Å². The van der Waals surface area contributed by atoms with Crippen LogP contribution in [-0.4, -0.2) is 143 Å². The van der Waals surface area contributed by atoms with Gasteiger partial charge in [0.15, 0.2) is 0 Å². The molecule has 2 heterocycles. The molecule has 7 N–H and O–H groups in total. The number of nitrogens with two attached hydrogens (primary N) is 1. The smallest absolute Gasteiger partial charge is 0.410 e. The number of ether oxygens (including phenoxy) is 1. The lowest BCUT2D eigenvalue weighted by Gasteiger charge is -2.38. The summed E-state index contributed by atoms with van der Waals surface area (Å²) < 4.78 is 32.9. The van der Waals surface area contributed by atoms with Crippen LogP contribution in [0.15, 0.2) is 72.8 Å². The van der Waals surface area contributed by atoms with Crippen molar-refractivity contribution in [2.75, 3.05) is 27.2 Å². The second kappa shape index (κ2) is 25.4. The van der Waals surface area contributed by atoms with E-state index in [2.05, 4.69) is 21.3 Å². The lowest BCUT2D eigenvalue weighted by molar-refractivity contribution is -0.141. The molecule has 2 aliphatic heterocycles. The van der Waals surface area contributed by atoms with Crippen LogP contribution in [0.4, 0.5) is 13.6 Å². The highest BCUT2D eigenvalue weighted by Gasteiger charge is 2.50. The van der Waals surface area contributed by atoms with Gasteiger partial charge in [0.05, 0.1) is 17.6 Å². The van der Waals surface area contributed by atoms with E-state index in [1.807, 2.05) is 51.3 Å². The zero-order chi connectivity index (χ0) is 59.3. The van der Waals surface area contributed by atoms with Crippen LogP contribution < -0.4 is 27.0 Å². The first-order valence-corrected chi connectivity index (χ1v) is 27.8. The number of carboxylic acid groups (broad SMARTS) is 1. The summed E-state index contributed by atoms with van der Waals surface area (Å²) in [5.74, 6) is -2.11. The molecule has 6 amide bonds. The molecule has 4 aliphatic rings. The van der Waals surface area contributed by atoms with Crippen molar-refractivity contribution in [3.8, 4) is 0 Å². The van der Waals surface area contributed by atoms with Crippen LogP contribution in [0.5, 0.6) is 0 Å². The molecular formula is C61H84F2N8O9. The number of carboxylic acids is 1. The Morgan fingerprint density at radius 1 is 0.637 bits per heavy atom. The maximum Gasteiger partial charge on any atom is 0.410 e. The zero-order valence-electron chi connectivity index (χ0n) is 48.7. The van der Waals surface area contributed by atoms with E-state index < -0.39 is 58.5 Å². The predicted octanol–water partition coefficient (Wildman–Crippen LogP) is 8.02. The molecule has 19 heteroatoms. The molecule has 0 aromatic heterocycles. The predicted molar refractivity (Wildman–Crippen MR) is 304 cm³/mol. The lowest BCUT2D eigenvalue weighted by atomic mass is 9.85. The van der Waals surface area contributed by atoms with Crippen molar-refractivity contribution in [2.45, 2.75) is 169 Å². The highest BCUT2D eigenvalue weighted by molar-refractivity contribution is 6.07. The van der Waals surface area contributed by atoms with Gasteiger partial charge < -0.3 is 46.6 Å². The zero-order valence-corrected chi connectivity index (χ0v) is 48.7. The van der Waals surface area contributed by atoms with Gasteiger partial charge in [-0.2, -0.15) is 0 Å². The maximum absolute atomic E-state index is 14.3. The third-order valence-corrected chi connectivity index (χ3v) is 16.1. The van der Waals surface area contributed by atoms with E-state index in [1.165, 1.54) is 36.2 Å². The molecular weight excluding hydrogens is 1030 g/mol. The summed E-state index contributed by atoms with van der Waals surface area (Å²) in [5.41, 5.74) is 5.21. The van der Waals surface area contributed by atoms with E-state index in [9.17, 15) is 42.3 Å². The molecule has 4 fully saturated rings. The standard InChI is InChI=1S/C28H37FN4O3.C22H40N4O4.C11H7FO2/c1-16(30-5)25(34)32-24(28(2,3)4)27(36)33-15-14-17-10-13-22(23(17)33)31-26(35)20-11-12-21(29)19-9-7-6-8-18(19)20;1-13(25(8)20(29)30-22(5,6)7)18(27)24-17(21(2,3)4)19(28)26-12-11-14-9-10-15(23)16(14)26;12-10-6-5-9(11(13)14)7-3-1-2-4-8(7)10/h6-9,11-12,16-17,22-24,30H,10,13-15H2,1-5H3,(H,31,35)(H,32,34);13-17H,9-12,23H2,1-8H3,(H,24,27);1-6H,(H,13,14)/t16-,17?,22?,23?,24+;13-,14?,15?,16?,17+;/m00./s1. The molecule has 436 valence electrons. The van der Waals surface area contributed by atoms with Gasteiger partial charge in [-0.1, -0.05) is 90.1 Å². The second-order valence-electron chi connectivity index (χ2n) is 25.0. The molecule has 17 nitrogen and oxygen atoms in total. The van der Waals surface area contributed by atoms with Gasteiger partial charge in [0, 0.05) is 54.6 Å². The summed E-state index contributed by atoms with van der Waals surface area (Å²) in [5, 5.41) is 22.5. The highest BCUT2D eigenvalue weighted by Crippen LogP contribution is 2.41. The van der Waals surface area contributed by atoms with Crippen molar-refractivity contribution in [1.82, 2.24) is 36.0 Å². The topological polar surface area (TPSA) is 233 Å². The Balaban J connectivity index is 0.000000211. The van der Waals surface area contributed by atoms with Crippen LogP contribution in [0.3, 0.4) is 0 Å². The number of halogens is 2. The lowest BCUT2D eigenvalue weighted by Crippen LogP contribution is -2.60. The number of likely N-dealkylation sites (N-methyl/N-ethyl adjacent to an activating group) is 2. The summed E-state index contributed by atoms with van der Waals surface area (Å²) in [6, 6.07) is 15.9. The first kappa shape index (κ1) is 62.5. The molecule has 8 rings (SSSR count). The first-order chi connectivity index (χ1) is 37.4. The van der Waals surface area contributed by atoms with Crippen LogP contribution in [0, 0.1) is 34.3 Å². The summed E-state index contributed by atoms with van der Waals surface area (Å²) in [6.07, 6.45) is 4.94. The van der Waals surface area contributed by atoms with Crippen molar-refractivity contribution in [2.24, 2.45) is 28.4 Å². The Bertz CT molecular complexity index is 2940. The number of benzene rings is 4. The number of nitrogens with zero attached hydrogens (tertiary/aromatic N) is 3. The molecule has 4 aromatic carbocycles. The number of likely N-dealkylation sites (tertiary alicyclic amines) is 2. The number of fused-ring (bicyclic) bond motifs is 4. The first-order valence-electron chi connectivity index (χ1n) is 27.8. The van der Waals surface area contributed by atoms with Crippen molar-refractivity contribution in [3.05, 3.63) is 95.6 Å². The molecule has 2 aliphatic carbocycles.